The molecule has 1 amide bonds. The number of aromatic nitrogens is 3. The number of amides is 1. The molecule has 2 aromatic heterocycles. The van der Waals surface area contributed by atoms with E-state index in [2.05, 4.69) is 30.9 Å². The van der Waals surface area contributed by atoms with Crippen molar-refractivity contribution in [3.05, 3.63) is 45.5 Å². The van der Waals surface area contributed by atoms with Gasteiger partial charge >= 0.3 is 12.1 Å². The second-order valence-corrected chi connectivity index (χ2v) is 19.7. The highest BCUT2D eigenvalue weighted by Crippen LogP contribution is 2.42. The number of alkyl halides is 3. The zero-order valence-electron chi connectivity index (χ0n) is 29.7. The Kier molecular flexibility index (Phi) is 13.9. The summed E-state index contributed by atoms with van der Waals surface area (Å²) in [6.45, 7) is 9.98. The number of hydrogen-bond donors (Lipinski definition) is 1. The van der Waals surface area contributed by atoms with Crippen molar-refractivity contribution in [2.24, 2.45) is 11.8 Å². The summed E-state index contributed by atoms with van der Waals surface area (Å²) < 4.78 is 57.9. The van der Waals surface area contributed by atoms with Crippen molar-refractivity contribution in [1.82, 2.24) is 19.7 Å². The molecule has 280 valence electrons. The summed E-state index contributed by atoms with van der Waals surface area (Å²) in [6, 6.07) is 1.72. The molecule has 0 bridgehead atoms. The second-order valence-electron chi connectivity index (χ2n) is 14.1. The monoisotopic (exact) mass is 762 g/mol. The highest BCUT2D eigenvalue weighted by atomic mass is 35.5. The first-order valence-corrected chi connectivity index (χ1v) is 21.2. The van der Waals surface area contributed by atoms with Crippen molar-refractivity contribution >= 4 is 43.4 Å². The minimum absolute atomic E-state index is 0.0590. The van der Waals surface area contributed by atoms with Gasteiger partial charge in [0.15, 0.2) is 14.0 Å². The molecule has 2 heterocycles. The van der Waals surface area contributed by atoms with Gasteiger partial charge in [-0.25, -0.2) is 0 Å². The third-order valence-corrected chi connectivity index (χ3v) is 16.1. The molecule has 2 aromatic rings. The van der Waals surface area contributed by atoms with E-state index < -0.39 is 49.4 Å². The number of ether oxygens (including phenoxy) is 1. The number of hydrogen-bond acceptors (Lipinski definition) is 7. The van der Waals surface area contributed by atoms with Crippen molar-refractivity contribution < 1.29 is 37.0 Å². The minimum atomic E-state index is -4.88. The lowest BCUT2D eigenvalue weighted by Gasteiger charge is -2.39. The fourth-order valence-electron chi connectivity index (χ4n) is 7.52. The van der Waals surface area contributed by atoms with E-state index in [4.69, 9.17) is 32.4 Å². The quantitative estimate of drug-likeness (QED) is 0.151. The molecule has 2 aliphatic rings. The maximum atomic E-state index is 15.0. The molecule has 0 saturated heterocycles. The molecule has 15 heteroatoms. The second kappa shape index (κ2) is 17.1. The first-order valence-electron chi connectivity index (χ1n) is 17.9. The van der Waals surface area contributed by atoms with E-state index >= 15 is 0 Å². The zero-order valence-corrected chi connectivity index (χ0v) is 32.2. The highest BCUT2D eigenvalue weighted by molar-refractivity contribution is 6.73. The normalized spacial score (nSPS) is 23.8. The van der Waals surface area contributed by atoms with Crippen molar-refractivity contribution in [1.29, 1.82) is 0 Å². The Morgan fingerprint density at radius 2 is 1.60 bits per heavy atom. The van der Waals surface area contributed by atoms with E-state index in [0.29, 0.717) is 56.9 Å². The molecule has 4 rings (SSSR count). The third kappa shape index (κ3) is 9.61. The van der Waals surface area contributed by atoms with Gasteiger partial charge < -0.3 is 19.2 Å². The van der Waals surface area contributed by atoms with Crippen LogP contribution in [0.3, 0.4) is 0 Å². The van der Waals surface area contributed by atoms with Crippen LogP contribution in [-0.4, -0.2) is 70.3 Å². The number of halogens is 5. The molecule has 9 nitrogen and oxygen atoms in total. The van der Waals surface area contributed by atoms with Gasteiger partial charge in [-0.1, -0.05) is 44.0 Å². The summed E-state index contributed by atoms with van der Waals surface area (Å²) in [4.78, 5) is 32.4. The number of carbonyl (C=O) groups is 2. The fraction of sp³-hybridized carbons (Fsp3) is 0.714. The molecule has 2 saturated carbocycles. The number of aliphatic hydroxyl groups is 1. The number of carbonyl (C=O) groups excluding carboxylic acids is 2. The van der Waals surface area contributed by atoms with Crippen LogP contribution >= 0.6 is 23.2 Å². The predicted molar refractivity (Wildman–Crippen MR) is 189 cm³/mol. The smallest absolute Gasteiger partial charge is 0.433 e. The van der Waals surface area contributed by atoms with Crippen LogP contribution in [0.4, 0.5) is 13.2 Å². The number of rotatable bonds is 14. The Morgan fingerprint density at radius 1 is 1.02 bits per heavy atom. The van der Waals surface area contributed by atoms with E-state index in [-0.39, 0.29) is 47.5 Å². The molecule has 1 atom stereocenters. The van der Waals surface area contributed by atoms with Gasteiger partial charge in [-0.2, -0.15) is 18.3 Å². The van der Waals surface area contributed by atoms with Gasteiger partial charge in [0.05, 0.1) is 58.6 Å². The van der Waals surface area contributed by atoms with E-state index in [1.165, 1.54) is 17.3 Å². The first kappa shape index (κ1) is 40.6. The lowest BCUT2D eigenvalue weighted by Crippen LogP contribution is -2.45. The zero-order chi connectivity index (χ0) is 36.9. The van der Waals surface area contributed by atoms with Crippen molar-refractivity contribution in [2.45, 2.75) is 128 Å². The lowest BCUT2D eigenvalue weighted by atomic mass is 9.79. The van der Waals surface area contributed by atoms with Crippen molar-refractivity contribution in [3.8, 4) is 0 Å². The van der Waals surface area contributed by atoms with Crippen LogP contribution in [0, 0.1) is 11.8 Å². The Morgan fingerprint density at radius 3 is 2.12 bits per heavy atom. The van der Waals surface area contributed by atoms with Crippen LogP contribution in [0.25, 0.3) is 0 Å². The maximum Gasteiger partial charge on any atom is 0.433 e. The standard InChI is InChI=1S/C35H51Cl2F3N4O5Si/c1-6-48-33(46)24-10-12-25(13-11-24)44-31(35(38,39)40)26(18-42-44)32(45)43(21-23-14-16-34(5,47)17-15-23)22-29(49-50(7-2,8-3)9-4)30-27(36)19-41-20-28(30)37/h18-20,23-25,29,47H,6-17,21-22H2,1-5H3/t23?,24-,25-,29?,34?. The van der Waals surface area contributed by atoms with Gasteiger partial charge in [-0.15, -0.1) is 0 Å². The summed E-state index contributed by atoms with van der Waals surface area (Å²) in [5.74, 6) is -1.59. The molecule has 50 heavy (non-hydrogen) atoms. The van der Waals surface area contributed by atoms with E-state index in [1.54, 1.807) is 13.8 Å². The van der Waals surface area contributed by atoms with Crippen LogP contribution in [-0.2, 0) is 20.1 Å². The summed E-state index contributed by atoms with van der Waals surface area (Å²) in [7, 11) is -2.38. The van der Waals surface area contributed by atoms with Crippen LogP contribution < -0.4 is 0 Å². The Hall–Kier alpha value is -2.19. The SMILES string of the molecule is CCOC(=O)[C@H]1CC[C@H](n2ncc(C(=O)N(CC3CCC(C)(O)CC3)CC(O[Si](CC)(CC)CC)c3c(Cl)cncc3Cl)c2C(F)(F)F)CC1. The van der Waals surface area contributed by atoms with Gasteiger partial charge in [0.2, 0.25) is 0 Å². The molecule has 1 unspecified atom stereocenters. The molecule has 1 N–H and O–H groups in total. The number of esters is 1. The molecular weight excluding hydrogens is 712 g/mol. The molecular formula is C35H51Cl2F3N4O5Si. The van der Waals surface area contributed by atoms with E-state index in [1.807, 2.05) is 0 Å². The Balaban J connectivity index is 1.74. The summed E-state index contributed by atoms with van der Waals surface area (Å²) in [6.07, 6.45) is 1.77. The van der Waals surface area contributed by atoms with Crippen LogP contribution in [0.15, 0.2) is 18.6 Å². The molecule has 0 spiro atoms. The molecule has 0 radical (unpaired) electrons. The van der Waals surface area contributed by atoms with Gasteiger partial charge in [-0.3, -0.25) is 19.3 Å². The summed E-state index contributed by atoms with van der Waals surface area (Å²) in [5, 5.41) is 15.3. The first-order chi connectivity index (χ1) is 23.6. The molecule has 2 fully saturated rings. The maximum absolute atomic E-state index is 15.0. The van der Waals surface area contributed by atoms with Crippen molar-refractivity contribution in [3.63, 3.8) is 0 Å². The average molecular weight is 764 g/mol. The fourth-order valence-corrected chi connectivity index (χ4v) is 10.9. The van der Waals surface area contributed by atoms with Crippen molar-refractivity contribution in [2.75, 3.05) is 19.7 Å². The van der Waals surface area contributed by atoms with Crippen LogP contribution in [0.1, 0.15) is 120 Å². The molecule has 0 aromatic carbocycles. The largest absolute Gasteiger partial charge is 0.466 e. The Bertz CT molecular complexity index is 1430. The summed E-state index contributed by atoms with van der Waals surface area (Å²) in [5.41, 5.74) is -2.02. The molecule has 2 aliphatic carbocycles. The summed E-state index contributed by atoms with van der Waals surface area (Å²) >= 11 is 13.3. The lowest BCUT2D eigenvalue weighted by molar-refractivity contribution is -0.151. The van der Waals surface area contributed by atoms with Gasteiger partial charge in [0, 0.05) is 24.5 Å². The van der Waals surface area contributed by atoms with Gasteiger partial charge in [0.25, 0.3) is 5.91 Å². The van der Waals surface area contributed by atoms with E-state index in [0.717, 1.165) is 29.0 Å². The number of pyridine rings is 1. The number of nitrogens with zero attached hydrogens (tertiary/aromatic N) is 4. The minimum Gasteiger partial charge on any atom is -0.466 e. The van der Waals surface area contributed by atoms with Gasteiger partial charge in [-0.05, 0) is 89.3 Å². The van der Waals surface area contributed by atoms with Gasteiger partial charge in [0.1, 0.15) is 0 Å². The van der Waals surface area contributed by atoms with E-state index in [9.17, 15) is 27.9 Å². The third-order valence-electron chi connectivity index (χ3n) is 10.8. The molecule has 0 aliphatic heterocycles. The average Bonchev–Trinajstić information content (AvgIpc) is 3.54. The predicted octanol–water partition coefficient (Wildman–Crippen LogP) is 9.04. The topological polar surface area (TPSA) is 107 Å². The highest BCUT2D eigenvalue weighted by Gasteiger charge is 2.44. The van der Waals surface area contributed by atoms with Crippen LogP contribution in [0.5, 0.6) is 0 Å². The van der Waals surface area contributed by atoms with Crippen LogP contribution in [0.2, 0.25) is 28.2 Å². The Labute approximate surface area is 304 Å².